The Morgan fingerprint density at radius 3 is 1.69 bits per heavy atom. The van der Waals surface area contributed by atoms with E-state index < -0.39 is 0 Å². The number of fused-ring (bicyclic) bond motifs is 5. The Labute approximate surface area is 317 Å². The fraction of sp³-hybridized carbons (Fsp3) is 0.118. The Morgan fingerprint density at radius 2 is 0.963 bits per heavy atom. The Morgan fingerprint density at radius 1 is 0.389 bits per heavy atom. The summed E-state index contributed by atoms with van der Waals surface area (Å²) in [7, 11) is 0. The van der Waals surface area contributed by atoms with Crippen molar-refractivity contribution in [2.24, 2.45) is 0 Å². The Balaban J connectivity index is 1.00. The molecular formula is C51H39N3. The van der Waals surface area contributed by atoms with Crippen LogP contribution in [0.3, 0.4) is 0 Å². The Kier molecular flexibility index (Phi) is 8.06. The lowest BCUT2D eigenvalue weighted by atomic mass is 9.68. The van der Waals surface area contributed by atoms with Crippen LogP contribution in [0.5, 0.6) is 0 Å². The summed E-state index contributed by atoms with van der Waals surface area (Å²) in [6.45, 7) is 0. The Bertz CT molecular complexity index is 2600. The molecule has 0 unspecified atom stereocenters. The van der Waals surface area contributed by atoms with Crippen molar-refractivity contribution in [2.45, 2.75) is 37.5 Å². The quantitative estimate of drug-likeness (QED) is 0.174. The van der Waals surface area contributed by atoms with Crippen molar-refractivity contribution in [3.8, 4) is 78.4 Å². The van der Waals surface area contributed by atoms with Gasteiger partial charge in [-0.25, -0.2) is 9.97 Å². The molecule has 3 heteroatoms. The zero-order valence-electron chi connectivity index (χ0n) is 30.1. The first-order chi connectivity index (χ1) is 26.7. The standard InChI is InChI=1S/C51H39N3/c1-3-12-39(13-4-1)50-53-47(33-48(54-50)38-27-23-36(24-28-38)42-16-11-31-52-34-42)37-25-21-35(22-26-37)40-14-9-15-41(32-40)43-18-10-20-46-49(43)44-17-5-6-19-45(44)51(46)29-7-2-8-30-51/h1,3-6,9-28,31-34H,2,7-8,29-30H2. The first-order valence-corrected chi connectivity index (χ1v) is 19.1. The normalized spacial score (nSPS) is 14.1. The zero-order chi connectivity index (χ0) is 35.9. The summed E-state index contributed by atoms with van der Waals surface area (Å²) >= 11 is 0. The van der Waals surface area contributed by atoms with Gasteiger partial charge in [0.2, 0.25) is 0 Å². The Hall–Kier alpha value is -6.45. The zero-order valence-corrected chi connectivity index (χ0v) is 30.1. The summed E-state index contributed by atoms with van der Waals surface area (Å²) in [5, 5.41) is 0. The molecule has 1 saturated carbocycles. The molecule has 10 rings (SSSR count). The highest BCUT2D eigenvalue weighted by Gasteiger charge is 2.44. The fourth-order valence-electron chi connectivity index (χ4n) is 8.97. The third kappa shape index (κ3) is 5.64. The number of nitrogens with zero attached hydrogens (tertiary/aromatic N) is 3. The third-order valence-corrected chi connectivity index (χ3v) is 11.6. The first-order valence-electron chi connectivity index (χ1n) is 19.1. The van der Waals surface area contributed by atoms with Crippen molar-refractivity contribution >= 4 is 0 Å². The van der Waals surface area contributed by atoms with Gasteiger partial charge < -0.3 is 0 Å². The summed E-state index contributed by atoms with van der Waals surface area (Å²) in [6, 6.07) is 59.0. The van der Waals surface area contributed by atoms with Crippen LogP contribution in [0.25, 0.3) is 78.4 Å². The molecule has 0 amide bonds. The first kappa shape index (κ1) is 32.2. The maximum absolute atomic E-state index is 5.09. The predicted molar refractivity (Wildman–Crippen MR) is 222 cm³/mol. The minimum Gasteiger partial charge on any atom is -0.264 e. The number of rotatable bonds is 6. The SMILES string of the molecule is c1ccc(-c2nc(-c3ccc(-c4cccnc4)cc3)cc(-c3ccc(-c4cccc(-c5cccc6c5-c5ccccc5C65CCCCC5)c4)cc3)n2)cc1. The van der Waals surface area contributed by atoms with Gasteiger partial charge in [-0.15, -0.1) is 0 Å². The van der Waals surface area contributed by atoms with Crippen molar-refractivity contribution in [3.63, 3.8) is 0 Å². The van der Waals surface area contributed by atoms with Crippen LogP contribution in [0, 0.1) is 0 Å². The summed E-state index contributed by atoms with van der Waals surface area (Å²) < 4.78 is 0. The van der Waals surface area contributed by atoms with E-state index in [1.54, 1.807) is 6.20 Å². The molecular weight excluding hydrogens is 655 g/mol. The summed E-state index contributed by atoms with van der Waals surface area (Å²) in [5.41, 5.74) is 18.1. The van der Waals surface area contributed by atoms with E-state index in [9.17, 15) is 0 Å². The van der Waals surface area contributed by atoms with Crippen molar-refractivity contribution in [1.82, 2.24) is 15.0 Å². The molecule has 0 bridgehead atoms. The minimum absolute atomic E-state index is 0.151. The molecule has 0 radical (unpaired) electrons. The van der Waals surface area contributed by atoms with E-state index in [4.69, 9.17) is 9.97 Å². The highest BCUT2D eigenvalue weighted by atomic mass is 14.9. The molecule has 2 heterocycles. The molecule has 2 aromatic heterocycles. The number of hydrogen-bond acceptors (Lipinski definition) is 3. The second kappa shape index (κ2) is 13.5. The van der Waals surface area contributed by atoms with Gasteiger partial charge >= 0.3 is 0 Å². The summed E-state index contributed by atoms with van der Waals surface area (Å²) in [4.78, 5) is 14.4. The molecule has 6 aromatic carbocycles. The van der Waals surface area contributed by atoms with Gasteiger partial charge in [0.1, 0.15) is 0 Å². The van der Waals surface area contributed by atoms with Crippen molar-refractivity contribution in [3.05, 3.63) is 187 Å². The molecule has 2 aliphatic rings. The van der Waals surface area contributed by atoms with Crippen molar-refractivity contribution < 1.29 is 0 Å². The van der Waals surface area contributed by atoms with Crippen molar-refractivity contribution in [1.29, 1.82) is 0 Å². The minimum atomic E-state index is 0.151. The number of pyridine rings is 1. The van der Waals surface area contributed by atoms with Crippen molar-refractivity contribution in [2.75, 3.05) is 0 Å². The largest absolute Gasteiger partial charge is 0.264 e. The predicted octanol–water partition coefficient (Wildman–Crippen LogP) is 13.1. The summed E-state index contributed by atoms with van der Waals surface area (Å²) in [6.07, 6.45) is 10.1. The van der Waals surface area contributed by atoms with Gasteiger partial charge in [-0.3, -0.25) is 4.98 Å². The molecule has 0 saturated heterocycles. The average Bonchev–Trinajstić information content (AvgIpc) is 3.53. The number of aromatic nitrogens is 3. The van der Waals surface area contributed by atoms with Crippen LogP contribution < -0.4 is 0 Å². The van der Waals surface area contributed by atoms with E-state index in [2.05, 4.69) is 145 Å². The molecule has 1 spiro atoms. The van der Waals surface area contributed by atoms with Crippen LogP contribution in [0.2, 0.25) is 0 Å². The maximum atomic E-state index is 5.09. The molecule has 258 valence electrons. The van der Waals surface area contributed by atoms with E-state index in [1.807, 2.05) is 30.5 Å². The third-order valence-electron chi connectivity index (χ3n) is 11.6. The average molecular weight is 694 g/mol. The lowest BCUT2D eigenvalue weighted by Gasteiger charge is -2.36. The van der Waals surface area contributed by atoms with Crippen LogP contribution in [0.4, 0.5) is 0 Å². The fourth-order valence-corrected chi connectivity index (χ4v) is 8.97. The van der Waals surface area contributed by atoms with Crippen LogP contribution >= 0.6 is 0 Å². The topological polar surface area (TPSA) is 38.7 Å². The van der Waals surface area contributed by atoms with E-state index in [0.717, 1.165) is 39.2 Å². The number of hydrogen-bond donors (Lipinski definition) is 0. The van der Waals surface area contributed by atoms with Gasteiger partial charge in [-0.2, -0.15) is 0 Å². The van der Waals surface area contributed by atoms with Crippen LogP contribution in [0.15, 0.2) is 176 Å². The highest BCUT2D eigenvalue weighted by molar-refractivity contribution is 5.93. The molecule has 8 aromatic rings. The molecule has 0 N–H and O–H groups in total. The van der Waals surface area contributed by atoms with Gasteiger partial charge in [0, 0.05) is 34.5 Å². The van der Waals surface area contributed by atoms with E-state index in [-0.39, 0.29) is 5.41 Å². The maximum Gasteiger partial charge on any atom is 0.160 e. The molecule has 0 atom stereocenters. The van der Waals surface area contributed by atoms with Gasteiger partial charge in [0.05, 0.1) is 11.4 Å². The van der Waals surface area contributed by atoms with E-state index in [1.165, 1.54) is 76.6 Å². The second-order valence-corrected chi connectivity index (χ2v) is 14.7. The van der Waals surface area contributed by atoms with Gasteiger partial charge in [-0.05, 0) is 86.7 Å². The summed E-state index contributed by atoms with van der Waals surface area (Å²) in [5.74, 6) is 0.711. The van der Waals surface area contributed by atoms with Gasteiger partial charge in [0.25, 0.3) is 0 Å². The van der Waals surface area contributed by atoms with E-state index in [0.29, 0.717) is 5.82 Å². The lowest BCUT2D eigenvalue weighted by molar-refractivity contribution is 0.353. The molecule has 3 nitrogen and oxygen atoms in total. The number of benzene rings is 6. The van der Waals surface area contributed by atoms with Gasteiger partial charge in [-0.1, -0.05) is 165 Å². The van der Waals surface area contributed by atoms with E-state index >= 15 is 0 Å². The highest BCUT2D eigenvalue weighted by Crippen LogP contribution is 2.57. The van der Waals surface area contributed by atoms with Crippen LogP contribution in [0.1, 0.15) is 43.2 Å². The molecule has 2 aliphatic carbocycles. The lowest BCUT2D eigenvalue weighted by Crippen LogP contribution is -2.27. The molecule has 1 fully saturated rings. The van der Waals surface area contributed by atoms with Crippen LogP contribution in [-0.2, 0) is 5.41 Å². The molecule has 0 aliphatic heterocycles. The smallest absolute Gasteiger partial charge is 0.160 e. The second-order valence-electron chi connectivity index (χ2n) is 14.7. The van der Waals surface area contributed by atoms with Crippen LogP contribution in [-0.4, -0.2) is 15.0 Å². The molecule has 54 heavy (non-hydrogen) atoms. The van der Waals surface area contributed by atoms with Gasteiger partial charge in [0.15, 0.2) is 5.82 Å². The monoisotopic (exact) mass is 693 g/mol.